The Hall–Kier alpha value is -1.34. The van der Waals surface area contributed by atoms with Crippen LogP contribution in [0, 0.1) is 0 Å². The second-order valence-corrected chi connectivity index (χ2v) is 5.20. The molecule has 4 nitrogen and oxygen atoms in total. The number of unbranched alkanes of at least 4 members (excludes halogenated alkanes) is 1. The Balaban J connectivity index is 1.97. The first kappa shape index (κ1) is 16.0. The number of anilines is 1. The smallest absolute Gasteiger partial charge is 0.354 e. The van der Waals surface area contributed by atoms with E-state index in [0.29, 0.717) is 19.6 Å². The van der Waals surface area contributed by atoms with E-state index in [1.165, 1.54) is 12.3 Å². The van der Waals surface area contributed by atoms with Crippen molar-refractivity contribution in [2.75, 3.05) is 44.2 Å². The Morgan fingerprint density at radius 2 is 1.86 bits per heavy atom. The molecule has 0 aromatic carbocycles. The first-order valence-electron chi connectivity index (χ1n) is 7.22. The molecule has 0 radical (unpaired) electrons. The zero-order valence-electron chi connectivity index (χ0n) is 11.9. The number of rotatable bonds is 5. The Kier molecular flexibility index (Phi) is 5.41. The van der Waals surface area contributed by atoms with E-state index < -0.39 is 11.7 Å². The first-order chi connectivity index (χ1) is 10.0. The van der Waals surface area contributed by atoms with Crippen molar-refractivity contribution in [1.82, 2.24) is 9.88 Å². The van der Waals surface area contributed by atoms with Gasteiger partial charge in [0.1, 0.15) is 5.82 Å². The maximum absolute atomic E-state index is 13.0. The van der Waals surface area contributed by atoms with Crippen molar-refractivity contribution >= 4 is 5.82 Å². The maximum Gasteiger partial charge on any atom is 0.419 e. The summed E-state index contributed by atoms with van der Waals surface area (Å²) in [5, 5.41) is 0. The third kappa shape index (κ3) is 4.31. The molecule has 1 fully saturated rings. The molecule has 0 unspecified atom stereocenters. The molecule has 1 saturated heterocycles. The van der Waals surface area contributed by atoms with Crippen LogP contribution < -0.4 is 10.6 Å². The van der Waals surface area contributed by atoms with Gasteiger partial charge >= 0.3 is 6.18 Å². The van der Waals surface area contributed by atoms with Crippen molar-refractivity contribution in [3.63, 3.8) is 0 Å². The largest absolute Gasteiger partial charge is 0.419 e. The fraction of sp³-hybridized carbons (Fsp3) is 0.643. The molecular weight excluding hydrogens is 281 g/mol. The molecule has 2 N–H and O–H groups in total. The molecule has 0 bridgehead atoms. The number of pyridine rings is 1. The summed E-state index contributed by atoms with van der Waals surface area (Å²) in [5.74, 6) is 0.0478. The molecule has 0 aliphatic carbocycles. The molecule has 1 aromatic heterocycles. The van der Waals surface area contributed by atoms with Crippen molar-refractivity contribution < 1.29 is 13.2 Å². The van der Waals surface area contributed by atoms with Gasteiger partial charge in [0, 0.05) is 32.4 Å². The molecule has 2 rings (SSSR count). The average molecular weight is 302 g/mol. The number of aromatic nitrogens is 1. The summed E-state index contributed by atoms with van der Waals surface area (Å²) in [5.41, 5.74) is 4.81. The summed E-state index contributed by atoms with van der Waals surface area (Å²) < 4.78 is 39.0. The van der Waals surface area contributed by atoms with Crippen LogP contribution >= 0.6 is 0 Å². The predicted octanol–water partition coefficient (Wildman–Crippen LogP) is 1.96. The van der Waals surface area contributed by atoms with Crippen molar-refractivity contribution in [2.24, 2.45) is 5.73 Å². The van der Waals surface area contributed by atoms with Gasteiger partial charge in [-0.05, 0) is 38.1 Å². The van der Waals surface area contributed by atoms with Crippen LogP contribution in [-0.4, -0.2) is 49.2 Å². The highest BCUT2D eigenvalue weighted by Gasteiger charge is 2.36. The number of hydrogen-bond acceptors (Lipinski definition) is 4. The highest BCUT2D eigenvalue weighted by Crippen LogP contribution is 2.35. The molecule has 0 spiro atoms. The second-order valence-electron chi connectivity index (χ2n) is 5.20. The number of nitrogens with two attached hydrogens (primary N) is 1. The van der Waals surface area contributed by atoms with Crippen LogP contribution in [0.4, 0.5) is 19.0 Å². The van der Waals surface area contributed by atoms with E-state index >= 15 is 0 Å². The number of halogens is 3. The van der Waals surface area contributed by atoms with E-state index in [4.69, 9.17) is 5.73 Å². The van der Waals surface area contributed by atoms with Crippen LogP contribution in [-0.2, 0) is 6.18 Å². The van der Waals surface area contributed by atoms with Gasteiger partial charge in [-0.25, -0.2) is 4.98 Å². The van der Waals surface area contributed by atoms with E-state index in [-0.39, 0.29) is 5.82 Å². The maximum atomic E-state index is 13.0. The minimum atomic E-state index is -4.36. The second kappa shape index (κ2) is 7.09. The van der Waals surface area contributed by atoms with Crippen LogP contribution in [0.3, 0.4) is 0 Å². The summed E-state index contributed by atoms with van der Waals surface area (Å²) in [6, 6.07) is 2.42. The molecule has 2 heterocycles. The molecule has 0 atom stereocenters. The van der Waals surface area contributed by atoms with Crippen molar-refractivity contribution in [3.8, 4) is 0 Å². The zero-order valence-corrected chi connectivity index (χ0v) is 11.9. The lowest BCUT2D eigenvalue weighted by Crippen LogP contribution is -2.47. The van der Waals surface area contributed by atoms with E-state index in [1.807, 2.05) is 0 Å². The van der Waals surface area contributed by atoms with E-state index in [0.717, 1.165) is 38.5 Å². The summed E-state index contributed by atoms with van der Waals surface area (Å²) in [6.07, 6.45) is -0.924. The van der Waals surface area contributed by atoms with Gasteiger partial charge in [-0.15, -0.1) is 0 Å². The van der Waals surface area contributed by atoms with Crippen molar-refractivity contribution in [1.29, 1.82) is 0 Å². The van der Waals surface area contributed by atoms with Gasteiger partial charge in [0.05, 0.1) is 5.56 Å². The Morgan fingerprint density at radius 1 is 1.14 bits per heavy atom. The zero-order chi connectivity index (χ0) is 15.3. The van der Waals surface area contributed by atoms with E-state index in [2.05, 4.69) is 9.88 Å². The SMILES string of the molecule is NCCCCN1CCN(c2ncccc2C(F)(F)F)CC1. The fourth-order valence-electron chi connectivity index (χ4n) is 2.53. The third-order valence-corrected chi connectivity index (χ3v) is 3.69. The molecule has 0 saturated carbocycles. The Labute approximate surface area is 122 Å². The van der Waals surface area contributed by atoms with Crippen LogP contribution in [0.1, 0.15) is 18.4 Å². The number of nitrogens with zero attached hydrogens (tertiary/aromatic N) is 3. The van der Waals surface area contributed by atoms with Crippen LogP contribution in [0.5, 0.6) is 0 Å². The lowest BCUT2D eigenvalue weighted by atomic mass is 10.2. The Bertz CT molecular complexity index is 442. The summed E-state index contributed by atoms with van der Waals surface area (Å²) in [4.78, 5) is 7.93. The molecule has 0 amide bonds. The van der Waals surface area contributed by atoms with Gasteiger partial charge in [0.15, 0.2) is 0 Å². The lowest BCUT2D eigenvalue weighted by Gasteiger charge is -2.36. The normalized spacial score (nSPS) is 17.2. The van der Waals surface area contributed by atoms with E-state index in [9.17, 15) is 13.2 Å². The van der Waals surface area contributed by atoms with Gasteiger partial charge in [-0.2, -0.15) is 13.2 Å². The highest BCUT2D eigenvalue weighted by molar-refractivity contribution is 5.48. The van der Waals surface area contributed by atoms with Crippen LogP contribution in [0.2, 0.25) is 0 Å². The van der Waals surface area contributed by atoms with Gasteiger partial charge < -0.3 is 10.6 Å². The number of hydrogen-bond donors (Lipinski definition) is 1. The highest BCUT2D eigenvalue weighted by atomic mass is 19.4. The average Bonchev–Trinajstić information content (AvgIpc) is 2.47. The van der Waals surface area contributed by atoms with Gasteiger partial charge in [0.25, 0.3) is 0 Å². The molecule has 7 heteroatoms. The fourth-order valence-corrected chi connectivity index (χ4v) is 2.53. The van der Waals surface area contributed by atoms with Crippen molar-refractivity contribution in [3.05, 3.63) is 23.9 Å². The molecule has 1 aliphatic heterocycles. The van der Waals surface area contributed by atoms with Crippen molar-refractivity contribution in [2.45, 2.75) is 19.0 Å². The Morgan fingerprint density at radius 3 is 2.48 bits per heavy atom. The summed E-state index contributed by atoms with van der Waals surface area (Å²) in [6.45, 7) is 4.31. The van der Waals surface area contributed by atoms with Gasteiger partial charge in [-0.1, -0.05) is 0 Å². The monoisotopic (exact) mass is 302 g/mol. The molecule has 118 valence electrons. The summed E-state index contributed by atoms with van der Waals surface area (Å²) in [7, 11) is 0. The van der Waals surface area contributed by atoms with Crippen LogP contribution in [0.25, 0.3) is 0 Å². The molecular formula is C14H21F3N4. The number of alkyl halides is 3. The van der Waals surface area contributed by atoms with Crippen LogP contribution in [0.15, 0.2) is 18.3 Å². The summed E-state index contributed by atoms with van der Waals surface area (Å²) >= 11 is 0. The standard InChI is InChI=1S/C14H21F3N4/c15-14(16,17)12-4-3-6-19-13(12)21-10-8-20(9-11-21)7-2-1-5-18/h3-4,6H,1-2,5,7-11,18H2. The molecule has 1 aromatic rings. The molecule has 21 heavy (non-hydrogen) atoms. The van der Waals surface area contributed by atoms with E-state index in [1.54, 1.807) is 4.90 Å². The first-order valence-corrected chi connectivity index (χ1v) is 7.22. The minimum Gasteiger partial charge on any atom is -0.354 e. The number of piperazine rings is 1. The third-order valence-electron chi connectivity index (χ3n) is 3.69. The quantitative estimate of drug-likeness (QED) is 0.845. The topological polar surface area (TPSA) is 45.4 Å². The lowest BCUT2D eigenvalue weighted by molar-refractivity contribution is -0.137. The minimum absolute atomic E-state index is 0.0478. The van der Waals surface area contributed by atoms with Gasteiger partial charge in [0.2, 0.25) is 0 Å². The molecule has 1 aliphatic rings. The van der Waals surface area contributed by atoms with Gasteiger partial charge in [-0.3, -0.25) is 4.90 Å². The predicted molar refractivity (Wildman–Crippen MR) is 76.2 cm³/mol.